The van der Waals surface area contributed by atoms with Gasteiger partial charge in [0.25, 0.3) is 0 Å². The number of fused-ring (bicyclic) bond motifs is 12. The van der Waals surface area contributed by atoms with E-state index in [4.69, 9.17) is 29.7 Å². The number of aromatic nitrogens is 5. The minimum atomic E-state index is -0.831. The highest BCUT2D eigenvalue weighted by Gasteiger charge is 2.53. The van der Waals surface area contributed by atoms with E-state index in [0.29, 0.717) is 23.3 Å². The molecule has 63 heavy (non-hydrogen) atoms. The number of thiophene rings is 1. The van der Waals surface area contributed by atoms with Crippen molar-refractivity contribution in [2.24, 2.45) is 0 Å². The van der Waals surface area contributed by atoms with Crippen LogP contribution in [0.5, 0.6) is 11.5 Å². The second kappa shape index (κ2) is 14.0. The summed E-state index contributed by atoms with van der Waals surface area (Å²) in [6.07, 6.45) is 0. The van der Waals surface area contributed by atoms with Crippen molar-refractivity contribution in [2.75, 3.05) is 0 Å². The zero-order chi connectivity index (χ0) is 41.5. The second-order valence-electron chi connectivity index (χ2n) is 15.9. The molecule has 13 rings (SSSR count). The lowest BCUT2D eigenvalue weighted by Crippen LogP contribution is -2.32. The Morgan fingerprint density at radius 3 is 1.57 bits per heavy atom. The lowest BCUT2D eigenvalue weighted by atomic mass is 9.65. The minimum absolute atomic E-state index is 0.593. The number of rotatable bonds is 5. The Bertz CT molecular complexity index is 3500. The third kappa shape index (κ3) is 5.33. The van der Waals surface area contributed by atoms with Crippen molar-refractivity contribution in [1.82, 2.24) is 24.9 Å². The Labute approximate surface area is 366 Å². The average molecular weight is 824 g/mol. The first kappa shape index (κ1) is 35.6. The van der Waals surface area contributed by atoms with Crippen LogP contribution in [0.1, 0.15) is 22.3 Å². The molecule has 4 heterocycles. The van der Waals surface area contributed by atoms with Gasteiger partial charge in [0.15, 0.2) is 23.3 Å². The maximum absolute atomic E-state index is 6.79. The molecule has 0 atom stereocenters. The monoisotopic (exact) mass is 823 g/mol. The van der Waals surface area contributed by atoms with Crippen LogP contribution in [0.2, 0.25) is 0 Å². The van der Waals surface area contributed by atoms with Crippen molar-refractivity contribution in [3.8, 4) is 79.4 Å². The van der Waals surface area contributed by atoms with Crippen molar-refractivity contribution in [2.45, 2.75) is 5.41 Å². The molecule has 2 aliphatic rings. The van der Waals surface area contributed by atoms with E-state index in [1.807, 2.05) is 72.8 Å². The lowest BCUT2D eigenvalue weighted by Gasteiger charge is -2.40. The standard InChI is InChI=1S/C56H33N5OS/c1-4-18-34(19-5-1)49-51-50(37-24-10-15-33-46(37)63-51)58-55(57-49)40-27-16-25-38-47-39(54-60-52(35-20-6-2-7-21-35)59-53(61-54)36-22-8-3-9-23-36)26-17-30-43(47)56(48(38)40)41-28-11-13-31-44(41)62-45-32-14-12-29-42(45)56/h1-33H. The highest BCUT2D eigenvalue weighted by molar-refractivity contribution is 7.26. The number of nitrogens with zero attached hydrogens (tertiary/aromatic N) is 5. The van der Waals surface area contributed by atoms with Crippen LogP contribution in [0.4, 0.5) is 0 Å². The van der Waals surface area contributed by atoms with E-state index in [9.17, 15) is 0 Å². The molecule has 11 aromatic rings. The summed E-state index contributed by atoms with van der Waals surface area (Å²) in [7, 11) is 0. The molecule has 3 aromatic heterocycles. The van der Waals surface area contributed by atoms with E-state index in [-0.39, 0.29) is 0 Å². The largest absolute Gasteiger partial charge is 0.457 e. The Balaban J connectivity index is 1.16. The van der Waals surface area contributed by atoms with Gasteiger partial charge in [-0.25, -0.2) is 24.9 Å². The molecule has 0 saturated carbocycles. The summed E-state index contributed by atoms with van der Waals surface area (Å²) < 4.78 is 9.04. The molecule has 6 nitrogen and oxygen atoms in total. The van der Waals surface area contributed by atoms with Crippen LogP contribution in [0.3, 0.4) is 0 Å². The molecule has 0 unspecified atom stereocenters. The van der Waals surface area contributed by atoms with Crippen molar-refractivity contribution >= 4 is 31.6 Å². The smallest absolute Gasteiger partial charge is 0.164 e. The Hall–Kier alpha value is -8.13. The van der Waals surface area contributed by atoms with Crippen LogP contribution in [0, 0.1) is 0 Å². The van der Waals surface area contributed by atoms with Gasteiger partial charge in [-0.05, 0) is 40.5 Å². The average Bonchev–Trinajstić information content (AvgIpc) is 3.89. The molecule has 1 spiro atoms. The molecule has 0 fully saturated rings. The fraction of sp³-hybridized carbons (Fsp3) is 0.0179. The van der Waals surface area contributed by atoms with Crippen LogP contribution < -0.4 is 4.74 Å². The molecule has 0 radical (unpaired) electrons. The molecule has 1 aliphatic heterocycles. The molecule has 8 aromatic carbocycles. The summed E-state index contributed by atoms with van der Waals surface area (Å²) in [6.45, 7) is 0. The predicted octanol–water partition coefficient (Wildman–Crippen LogP) is 13.8. The Kier molecular flexibility index (Phi) is 7.89. The first-order chi connectivity index (χ1) is 31.2. The summed E-state index contributed by atoms with van der Waals surface area (Å²) >= 11 is 1.74. The van der Waals surface area contributed by atoms with Crippen LogP contribution >= 0.6 is 11.3 Å². The molecule has 0 amide bonds. The summed E-state index contributed by atoms with van der Waals surface area (Å²) in [5, 5.41) is 1.12. The maximum atomic E-state index is 6.79. The quantitative estimate of drug-likeness (QED) is 0.172. The predicted molar refractivity (Wildman–Crippen MR) is 253 cm³/mol. The molecular formula is C56H33N5OS. The van der Waals surface area contributed by atoms with E-state index >= 15 is 0 Å². The van der Waals surface area contributed by atoms with E-state index in [0.717, 1.165) is 94.0 Å². The van der Waals surface area contributed by atoms with E-state index < -0.39 is 5.41 Å². The molecule has 0 N–H and O–H groups in total. The summed E-state index contributed by atoms with van der Waals surface area (Å²) in [4.78, 5) is 26.8. The minimum Gasteiger partial charge on any atom is -0.457 e. The normalized spacial score (nSPS) is 13.0. The number of hydrogen-bond acceptors (Lipinski definition) is 7. The van der Waals surface area contributed by atoms with Gasteiger partial charge in [-0.15, -0.1) is 11.3 Å². The zero-order valence-corrected chi connectivity index (χ0v) is 34.4. The molecule has 0 saturated heterocycles. The van der Waals surface area contributed by atoms with Gasteiger partial charge in [0.05, 0.1) is 21.3 Å². The second-order valence-corrected chi connectivity index (χ2v) is 16.9. The van der Waals surface area contributed by atoms with Crippen molar-refractivity contribution in [1.29, 1.82) is 0 Å². The maximum Gasteiger partial charge on any atom is 0.164 e. The van der Waals surface area contributed by atoms with Gasteiger partial charge in [0.1, 0.15) is 11.5 Å². The van der Waals surface area contributed by atoms with E-state index in [1.165, 1.54) is 4.70 Å². The molecule has 0 bridgehead atoms. The van der Waals surface area contributed by atoms with Gasteiger partial charge >= 0.3 is 0 Å². The van der Waals surface area contributed by atoms with Crippen LogP contribution in [0.15, 0.2) is 200 Å². The fourth-order valence-corrected chi connectivity index (χ4v) is 11.0. The molecule has 294 valence electrons. The number of benzene rings is 8. The first-order valence-electron chi connectivity index (χ1n) is 21.0. The SMILES string of the molecule is c1ccc(-c2nc(-c3ccccc3)nc(-c3cccc4c3-c3cccc(-c5nc(-c6ccccc6)c6sc7ccccc7c6n5)c3C43c4ccccc4Oc4ccccc43)n2)cc1. The van der Waals surface area contributed by atoms with Crippen molar-refractivity contribution in [3.63, 3.8) is 0 Å². The summed E-state index contributed by atoms with van der Waals surface area (Å²) in [5.74, 6) is 4.08. The number of ether oxygens (including phenoxy) is 1. The fourth-order valence-electron chi connectivity index (χ4n) is 9.81. The summed E-state index contributed by atoms with van der Waals surface area (Å²) in [5.41, 5.74) is 12.2. The third-order valence-electron chi connectivity index (χ3n) is 12.4. The molecule has 1 aliphatic carbocycles. The van der Waals surface area contributed by atoms with E-state index in [1.54, 1.807) is 11.3 Å². The van der Waals surface area contributed by atoms with Gasteiger partial charge in [0, 0.05) is 49.0 Å². The van der Waals surface area contributed by atoms with Gasteiger partial charge < -0.3 is 4.74 Å². The Morgan fingerprint density at radius 1 is 0.381 bits per heavy atom. The van der Waals surface area contributed by atoms with Gasteiger partial charge in [-0.1, -0.05) is 182 Å². The van der Waals surface area contributed by atoms with Crippen molar-refractivity contribution in [3.05, 3.63) is 222 Å². The van der Waals surface area contributed by atoms with Crippen LogP contribution in [-0.2, 0) is 5.41 Å². The first-order valence-corrected chi connectivity index (χ1v) is 21.8. The van der Waals surface area contributed by atoms with Gasteiger partial charge in [-0.2, -0.15) is 0 Å². The van der Waals surface area contributed by atoms with E-state index in [2.05, 4.69) is 127 Å². The third-order valence-corrected chi connectivity index (χ3v) is 13.6. The topological polar surface area (TPSA) is 73.7 Å². The highest BCUT2D eigenvalue weighted by atomic mass is 32.1. The molecular weight excluding hydrogens is 791 g/mol. The Morgan fingerprint density at radius 2 is 0.889 bits per heavy atom. The van der Waals surface area contributed by atoms with Crippen molar-refractivity contribution < 1.29 is 4.74 Å². The molecule has 7 heteroatoms. The van der Waals surface area contributed by atoms with Crippen LogP contribution in [-0.4, -0.2) is 24.9 Å². The number of hydrogen-bond donors (Lipinski definition) is 0. The number of para-hydroxylation sites is 2. The zero-order valence-electron chi connectivity index (χ0n) is 33.6. The van der Waals surface area contributed by atoms with Gasteiger partial charge in [-0.3, -0.25) is 0 Å². The van der Waals surface area contributed by atoms with Gasteiger partial charge in [0.2, 0.25) is 0 Å². The van der Waals surface area contributed by atoms with Crippen LogP contribution in [0.25, 0.3) is 88.2 Å². The summed E-state index contributed by atoms with van der Waals surface area (Å²) in [6, 6.07) is 69.3. The highest BCUT2D eigenvalue weighted by Crippen LogP contribution is 2.65. The lowest BCUT2D eigenvalue weighted by molar-refractivity contribution is 0.436.